The molecular formula is C36H42O8S2. The van der Waals surface area contributed by atoms with Gasteiger partial charge in [0, 0.05) is 39.7 Å². The third-order valence-electron chi connectivity index (χ3n) is 10.2. The van der Waals surface area contributed by atoms with Gasteiger partial charge in [-0.25, -0.2) is 0 Å². The minimum atomic E-state index is -0.892. The molecule has 0 spiro atoms. The Bertz CT molecular complexity index is 1570. The number of aromatic hydroxyl groups is 2. The molecular weight excluding hydrogens is 625 g/mol. The van der Waals surface area contributed by atoms with Crippen molar-refractivity contribution in [1.29, 1.82) is 0 Å². The summed E-state index contributed by atoms with van der Waals surface area (Å²) in [6.45, 7) is -0.00920. The average molecular weight is 667 g/mol. The van der Waals surface area contributed by atoms with Gasteiger partial charge in [-0.15, -0.1) is 0 Å². The normalized spacial score (nSPS) is 26.8. The van der Waals surface area contributed by atoms with Crippen molar-refractivity contribution in [3.8, 4) is 45.6 Å². The van der Waals surface area contributed by atoms with Crippen LogP contribution in [0.1, 0.15) is 78.7 Å². The Morgan fingerprint density at radius 3 is 2.52 bits per heavy atom. The molecule has 6 atom stereocenters. The molecule has 246 valence electrons. The van der Waals surface area contributed by atoms with Gasteiger partial charge in [-0.2, -0.15) is 0 Å². The van der Waals surface area contributed by atoms with Crippen LogP contribution in [0, 0.1) is 5.92 Å². The number of ether oxygens (including phenoxy) is 4. The lowest BCUT2D eigenvalue weighted by molar-refractivity contribution is 0.00415. The molecule has 4 aliphatic rings. The van der Waals surface area contributed by atoms with Crippen LogP contribution in [0.5, 0.6) is 34.5 Å². The molecule has 7 rings (SSSR count). The topological polar surface area (TPSA) is 118 Å². The van der Waals surface area contributed by atoms with Crippen molar-refractivity contribution >= 4 is 21.6 Å². The summed E-state index contributed by atoms with van der Waals surface area (Å²) in [6, 6.07) is 10.9. The number of rotatable bonds is 6. The Balaban J connectivity index is 1.42. The van der Waals surface area contributed by atoms with Crippen LogP contribution in [0.3, 0.4) is 0 Å². The number of hydrogen-bond donors (Lipinski definition) is 4. The van der Waals surface area contributed by atoms with E-state index in [1.807, 2.05) is 39.8 Å². The van der Waals surface area contributed by atoms with E-state index in [2.05, 4.69) is 0 Å². The summed E-state index contributed by atoms with van der Waals surface area (Å²) in [6.07, 6.45) is 6.21. The molecule has 0 radical (unpaired) electrons. The molecule has 2 heterocycles. The summed E-state index contributed by atoms with van der Waals surface area (Å²) < 4.78 is 23.9. The number of fused-ring (bicyclic) bond motifs is 6. The van der Waals surface area contributed by atoms with Crippen molar-refractivity contribution in [3.63, 3.8) is 0 Å². The van der Waals surface area contributed by atoms with Crippen LogP contribution in [0.4, 0.5) is 0 Å². The molecule has 1 fully saturated rings. The quantitative estimate of drug-likeness (QED) is 0.203. The van der Waals surface area contributed by atoms with Gasteiger partial charge in [0.2, 0.25) is 5.75 Å². The first-order chi connectivity index (χ1) is 22.4. The third kappa shape index (κ3) is 5.76. The molecule has 4 N–H and O–H groups in total. The highest BCUT2D eigenvalue weighted by Crippen LogP contribution is 2.57. The molecule has 3 aromatic carbocycles. The fourth-order valence-corrected chi connectivity index (χ4v) is 11.2. The van der Waals surface area contributed by atoms with Crippen molar-refractivity contribution in [3.05, 3.63) is 58.7 Å². The second-order valence-electron chi connectivity index (χ2n) is 12.9. The van der Waals surface area contributed by atoms with E-state index >= 15 is 0 Å². The molecule has 0 unspecified atom stereocenters. The highest BCUT2D eigenvalue weighted by Gasteiger charge is 2.44. The van der Waals surface area contributed by atoms with Crippen LogP contribution in [-0.2, 0) is 6.42 Å². The van der Waals surface area contributed by atoms with Gasteiger partial charge >= 0.3 is 0 Å². The molecule has 1 saturated carbocycles. The number of methoxy groups -OCH3 is 2. The first-order valence-corrected chi connectivity index (χ1v) is 18.6. The van der Waals surface area contributed by atoms with Gasteiger partial charge in [0.25, 0.3) is 0 Å². The summed E-state index contributed by atoms with van der Waals surface area (Å²) in [7, 11) is 6.77. The summed E-state index contributed by atoms with van der Waals surface area (Å²) in [5.41, 5.74) is 5.87. The lowest BCUT2D eigenvalue weighted by Gasteiger charge is -2.41. The standard InChI is InChI=1S/C36H42O8S2/c1-41-30-14-21(15-31(42-2)35(30)40)36-34(39)27-18-45-46-23-5-3-4-19(12-23)6-7-20-13-26-32(24-9-8-22(38)16-25(20)24)28(43-11-10-37)17-29(44-36)33(26)27/h8-9,14-17,19-20,23,27,34,36-40H,3-7,10-13,18H2,1-2H3/t19-,20-,23-,27-,34-,36+/m1/s1. The molecule has 0 aromatic heterocycles. The zero-order valence-electron chi connectivity index (χ0n) is 26.2. The van der Waals surface area contributed by atoms with E-state index < -0.39 is 12.2 Å². The smallest absolute Gasteiger partial charge is 0.200 e. The fraction of sp³-hybridized carbons (Fsp3) is 0.500. The number of aliphatic hydroxyl groups excluding tert-OH is 2. The lowest BCUT2D eigenvalue weighted by atomic mass is 9.71. The molecule has 10 heteroatoms. The maximum Gasteiger partial charge on any atom is 0.200 e. The van der Waals surface area contributed by atoms with Crippen molar-refractivity contribution in [1.82, 2.24) is 0 Å². The molecule has 2 aliphatic carbocycles. The Morgan fingerprint density at radius 2 is 1.76 bits per heavy atom. The molecule has 2 aliphatic heterocycles. The van der Waals surface area contributed by atoms with Crippen LogP contribution >= 0.6 is 21.6 Å². The molecule has 0 amide bonds. The van der Waals surface area contributed by atoms with E-state index in [9.17, 15) is 20.4 Å². The Kier molecular flexibility index (Phi) is 9.15. The molecule has 46 heavy (non-hydrogen) atoms. The van der Waals surface area contributed by atoms with Crippen LogP contribution in [0.25, 0.3) is 11.1 Å². The Labute approximate surface area is 277 Å². The Hall–Kier alpha value is -2.92. The lowest BCUT2D eigenvalue weighted by Crippen LogP contribution is -2.37. The fourth-order valence-electron chi connectivity index (χ4n) is 8.06. The second kappa shape index (κ2) is 13.3. The number of phenolic OH excluding ortho intramolecular Hbond substituents is 2. The van der Waals surface area contributed by atoms with Gasteiger partial charge in [-0.1, -0.05) is 40.5 Å². The van der Waals surface area contributed by atoms with E-state index in [0.717, 1.165) is 47.1 Å². The van der Waals surface area contributed by atoms with Gasteiger partial charge in [0.15, 0.2) is 17.6 Å². The molecule has 3 aromatic rings. The van der Waals surface area contributed by atoms with Gasteiger partial charge in [-0.05, 0) is 84.9 Å². The predicted molar refractivity (Wildman–Crippen MR) is 181 cm³/mol. The minimum absolute atomic E-state index is 0.108. The summed E-state index contributed by atoms with van der Waals surface area (Å²) in [5.74, 6) is 3.23. The maximum absolute atomic E-state index is 12.2. The summed E-state index contributed by atoms with van der Waals surface area (Å²) in [5, 5.41) is 43.8. The van der Waals surface area contributed by atoms with E-state index in [4.69, 9.17) is 18.9 Å². The van der Waals surface area contributed by atoms with Crippen molar-refractivity contribution in [2.75, 3.05) is 33.2 Å². The van der Waals surface area contributed by atoms with E-state index in [1.165, 1.54) is 39.9 Å². The van der Waals surface area contributed by atoms with Crippen molar-refractivity contribution in [2.45, 2.75) is 74.2 Å². The maximum atomic E-state index is 12.2. The summed E-state index contributed by atoms with van der Waals surface area (Å²) in [4.78, 5) is 0. The third-order valence-corrected chi connectivity index (χ3v) is 13.2. The monoisotopic (exact) mass is 666 g/mol. The van der Waals surface area contributed by atoms with Crippen molar-refractivity contribution < 1.29 is 39.4 Å². The zero-order chi connectivity index (χ0) is 31.9. The van der Waals surface area contributed by atoms with Crippen LogP contribution in [0.15, 0.2) is 36.4 Å². The highest BCUT2D eigenvalue weighted by molar-refractivity contribution is 8.76. The summed E-state index contributed by atoms with van der Waals surface area (Å²) >= 11 is 0. The van der Waals surface area contributed by atoms with Gasteiger partial charge in [-0.3, -0.25) is 0 Å². The number of benzene rings is 3. The number of phenols is 2. The SMILES string of the molecule is COc1cc([C@@H]2Oc3cc(OCCO)c4c5c3[C@@H](CSS[C@@H]3CCC[C@H](CC[C@H](C5)c5cc(O)ccc5-4)C3)[C@H]2O)cc(OC)c1O. The first-order valence-electron chi connectivity index (χ1n) is 16.2. The van der Waals surface area contributed by atoms with Gasteiger partial charge in [0.1, 0.15) is 30.0 Å². The highest BCUT2D eigenvalue weighted by atomic mass is 33.1. The predicted octanol–water partition coefficient (Wildman–Crippen LogP) is 7.11. The Morgan fingerprint density at radius 1 is 0.957 bits per heavy atom. The largest absolute Gasteiger partial charge is 0.508 e. The first kappa shape index (κ1) is 31.7. The van der Waals surface area contributed by atoms with Gasteiger partial charge < -0.3 is 39.4 Å². The zero-order valence-corrected chi connectivity index (χ0v) is 27.9. The van der Waals surface area contributed by atoms with Crippen LogP contribution < -0.4 is 18.9 Å². The van der Waals surface area contributed by atoms with E-state index in [-0.39, 0.29) is 48.0 Å². The minimum Gasteiger partial charge on any atom is -0.508 e. The second-order valence-corrected chi connectivity index (χ2v) is 15.6. The molecule has 8 nitrogen and oxygen atoms in total. The molecule has 0 saturated heterocycles. The number of hydrogen-bond acceptors (Lipinski definition) is 10. The van der Waals surface area contributed by atoms with Gasteiger partial charge in [0.05, 0.1) is 20.8 Å². The average Bonchev–Trinajstić information content (AvgIpc) is 3.07. The van der Waals surface area contributed by atoms with Crippen LogP contribution in [-0.4, -0.2) is 65.0 Å². The van der Waals surface area contributed by atoms with E-state index in [1.54, 1.807) is 18.2 Å². The van der Waals surface area contributed by atoms with Crippen molar-refractivity contribution in [2.24, 2.45) is 5.92 Å². The number of aliphatic hydroxyl groups is 2. The molecule has 4 bridgehead atoms. The van der Waals surface area contributed by atoms with E-state index in [0.29, 0.717) is 34.0 Å². The van der Waals surface area contributed by atoms with Crippen LogP contribution in [0.2, 0.25) is 0 Å².